The van der Waals surface area contributed by atoms with Crippen molar-refractivity contribution in [3.63, 3.8) is 0 Å². The van der Waals surface area contributed by atoms with Gasteiger partial charge in [0.15, 0.2) is 0 Å². The van der Waals surface area contributed by atoms with E-state index in [0.29, 0.717) is 23.7 Å². The van der Waals surface area contributed by atoms with Crippen LogP contribution >= 0.6 is 34.8 Å². The van der Waals surface area contributed by atoms with E-state index in [1.54, 1.807) is 4.90 Å². The van der Waals surface area contributed by atoms with Crippen molar-refractivity contribution in [1.29, 1.82) is 0 Å². The molecule has 1 heterocycles. The van der Waals surface area contributed by atoms with Gasteiger partial charge in [-0.05, 0) is 31.5 Å². The third-order valence-electron chi connectivity index (χ3n) is 3.45. The number of esters is 1. The van der Waals surface area contributed by atoms with Crippen LogP contribution in [0.25, 0.3) is 0 Å². The van der Waals surface area contributed by atoms with E-state index in [9.17, 15) is 9.59 Å². The summed E-state index contributed by atoms with van der Waals surface area (Å²) in [5, 5.41) is 3.56. The zero-order valence-corrected chi connectivity index (χ0v) is 14.1. The molecule has 1 saturated heterocycles. The SMILES string of the molecule is COC(=O)C1CCCN1CC(=O)Nc1c(Cl)cc(Cl)cc1Cl. The fraction of sp³-hybridized carbons (Fsp3) is 0.429. The van der Waals surface area contributed by atoms with Crippen LogP contribution in [0.15, 0.2) is 12.1 Å². The van der Waals surface area contributed by atoms with Crippen LogP contribution in [0.2, 0.25) is 15.1 Å². The molecule has 1 N–H and O–H groups in total. The summed E-state index contributed by atoms with van der Waals surface area (Å²) in [6, 6.07) is 2.61. The van der Waals surface area contributed by atoms with Crippen LogP contribution in [0.4, 0.5) is 5.69 Å². The second kappa shape index (κ2) is 7.51. The van der Waals surface area contributed by atoms with Crippen LogP contribution in [-0.2, 0) is 14.3 Å². The first-order chi connectivity index (χ1) is 10.4. The molecule has 0 aromatic heterocycles. The molecule has 0 spiro atoms. The number of carbonyl (C=O) groups is 2. The van der Waals surface area contributed by atoms with Crippen molar-refractivity contribution in [2.45, 2.75) is 18.9 Å². The van der Waals surface area contributed by atoms with Gasteiger partial charge in [-0.25, -0.2) is 0 Å². The van der Waals surface area contributed by atoms with Gasteiger partial charge in [0.1, 0.15) is 6.04 Å². The van der Waals surface area contributed by atoms with E-state index in [1.165, 1.54) is 19.2 Å². The number of nitrogens with zero attached hydrogens (tertiary/aromatic N) is 1. The van der Waals surface area contributed by atoms with Crippen LogP contribution in [0.3, 0.4) is 0 Å². The number of likely N-dealkylation sites (tertiary alicyclic amines) is 1. The van der Waals surface area contributed by atoms with Gasteiger partial charge in [-0.1, -0.05) is 34.8 Å². The molecule has 1 aromatic rings. The monoisotopic (exact) mass is 364 g/mol. The summed E-state index contributed by atoms with van der Waals surface area (Å²) in [5.74, 6) is -0.630. The average Bonchev–Trinajstić information content (AvgIpc) is 2.90. The third kappa shape index (κ3) is 4.04. The van der Waals surface area contributed by atoms with Crippen molar-refractivity contribution < 1.29 is 14.3 Å². The maximum Gasteiger partial charge on any atom is 0.323 e. The number of carbonyl (C=O) groups excluding carboxylic acids is 2. The first kappa shape index (κ1) is 17.3. The topological polar surface area (TPSA) is 58.6 Å². The average molecular weight is 366 g/mol. The zero-order chi connectivity index (χ0) is 16.3. The van der Waals surface area contributed by atoms with Crippen LogP contribution in [0.5, 0.6) is 0 Å². The molecule has 5 nitrogen and oxygen atoms in total. The summed E-state index contributed by atoms with van der Waals surface area (Å²) >= 11 is 17.9. The standard InChI is InChI=1S/C14H15Cl3N2O3/c1-22-14(21)11-3-2-4-19(11)7-12(20)18-13-9(16)5-8(15)6-10(13)17/h5-6,11H,2-4,7H2,1H3,(H,18,20). The number of nitrogens with one attached hydrogen (secondary N) is 1. The lowest BCUT2D eigenvalue weighted by molar-refractivity contribution is -0.146. The molecule has 1 aliphatic heterocycles. The van der Waals surface area contributed by atoms with E-state index in [-0.39, 0.29) is 34.5 Å². The molecule has 0 aliphatic carbocycles. The maximum absolute atomic E-state index is 12.2. The second-order valence-corrected chi connectivity index (χ2v) is 6.20. The fourth-order valence-corrected chi connectivity index (χ4v) is 3.35. The minimum absolute atomic E-state index is 0.0645. The predicted octanol–water partition coefficient (Wildman–Crippen LogP) is 3.22. The molecule has 0 radical (unpaired) electrons. The van der Waals surface area contributed by atoms with Gasteiger partial charge in [-0.2, -0.15) is 0 Å². The van der Waals surface area contributed by atoms with Crippen LogP contribution in [0, 0.1) is 0 Å². The lowest BCUT2D eigenvalue weighted by Crippen LogP contribution is -2.41. The predicted molar refractivity (Wildman–Crippen MR) is 86.7 cm³/mol. The number of amides is 1. The van der Waals surface area contributed by atoms with E-state index in [4.69, 9.17) is 39.5 Å². The number of anilines is 1. The molecule has 120 valence electrons. The van der Waals surface area contributed by atoms with Gasteiger partial charge in [0.05, 0.1) is 29.4 Å². The summed E-state index contributed by atoms with van der Waals surface area (Å²) in [4.78, 5) is 25.6. The smallest absolute Gasteiger partial charge is 0.323 e. The molecule has 1 amide bonds. The molecule has 1 atom stereocenters. The van der Waals surface area contributed by atoms with E-state index >= 15 is 0 Å². The Hall–Kier alpha value is -1.01. The Bertz CT molecular complexity index is 572. The molecule has 1 fully saturated rings. The van der Waals surface area contributed by atoms with Crippen LogP contribution in [0.1, 0.15) is 12.8 Å². The van der Waals surface area contributed by atoms with Gasteiger partial charge in [-0.3, -0.25) is 14.5 Å². The van der Waals surface area contributed by atoms with Crippen LogP contribution in [-0.4, -0.2) is 43.0 Å². The number of hydrogen-bond donors (Lipinski definition) is 1. The van der Waals surface area contributed by atoms with Crippen molar-refractivity contribution in [3.8, 4) is 0 Å². The van der Waals surface area contributed by atoms with Crippen molar-refractivity contribution >= 4 is 52.4 Å². The van der Waals surface area contributed by atoms with E-state index in [1.807, 2.05) is 0 Å². The van der Waals surface area contributed by atoms with Crippen molar-refractivity contribution in [2.75, 3.05) is 25.5 Å². The lowest BCUT2D eigenvalue weighted by atomic mass is 10.2. The molecule has 1 unspecified atom stereocenters. The second-order valence-electron chi connectivity index (χ2n) is 4.94. The molecule has 0 bridgehead atoms. The number of halogens is 3. The quantitative estimate of drug-likeness (QED) is 0.832. The van der Waals surface area contributed by atoms with E-state index in [2.05, 4.69) is 5.32 Å². The Kier molecular flexibility index (Phi) is 5.92. The van der Waals surface area contributed by atoms with Crippen LogP contribution < -0.4 is 5.32 Å². The summed E-state index contributed by atoms with van der Waals surface area (Å²) in [5.41, 5.74) is 0.312. The summed E-state index contributed by atoms with van der Waals surface area (Å²) in [7, 11) is 1.34. The molecule has 8 heteroatoms. The van der Waals surface area contributed by atoms with Crippen molar-refractivity contribution in [3.05, 3.63) is 27.2 Å². The molecular weight excluding hydrogens is 351 g/mol. The highest BCUT2D eigenvalue weighted by Crippen LogP contribution is 2.33. The summed E-state index contributed by atoms with van der Waals surface area (Å²) in [6.07, 6.45) is 1.53. The number of hydrogen-bond acceptors (Lipinski definition) is 4. The lowest BCUT2D eigenvalue weighted by Gasteiger charge is -2.21. The Balaban J connectivity index is 2.03. The molecular formula is C14H15Cl3N2O3. The largest absolute Gasteiger partial charge is 0.468 e. The molecule has 22 heavy (non-hydrogen) atoms. The third-order valence-corrected chi connectivity index (χ3v) is 4.27. The van der Waals surface area contributed by atoms with Gasteiger partial charge in [0.25, 0.3) is 0 Å². The number of benzene rings is 1. The zero-order valence-electron chi connectivity index (χ0n) is 11.9. The highest BCUT2D eigenvalue weighted by Gasteiger charge is 2.32. The van der Waals surface area contributed by atoms with Gasteiger partial charge in [-0.15, -0.1) is 0 Å². The Morgan fingerprint density at radius 1 is 1.32 bits per heavy atom. The van der Waals surface area contributed by atoms with Gasteiger partial charge in [0, 0.05) is 5.02 Å². The van der Waals surface area contributed by atoms with Gasteiger partial charge in [0.2, 0.25) is 5.91 Å². The Morgan fingerprint density at radius 3 is 2.55 bits per heavy atom. The number of ether oxygens (including phenoxy) is 1. The maximum atomic E-state index is 12.2. The highest BCUT2D eigenvalue weighted by molar-refractivity contribution is 6.42. The molecule has 2 rings (SSSR count). The molecule has 1 aliphatic rings. The Labute approximate surface area is 143 Å². The Morgan fingerprint density at radius 2 is 1.95 bits per heavy atom. The fourth-order valence-electron chi connectivity index (χ4n) is 2.44. The van der Waals surface area contributed by atoms with Crippen molar-refractivity contribution in [1.82, 2.24) is 4.90 Å². The van der Waals surface area contributed by atoms with Gasteiger partial charge >= 0.3 is 5.97 Å². The minimum Gasteiger partial charge on any atom is -0.468 e. The normalized spacial score (nSPS) is 18.3. The van der Waals surface area contributed by atoms with Gasteiger partial charge < -0.3 is 10.1 Å². The van der Waals surface area contributed by atoms with Crippen molar-refractivity contribution in [2.24, 2.45) is 0 Å². The molecule has 1 aromatic carbocycles. The number of rotatable bonds is 4. The first-order valence-corrected chi connectivity index (χ1v) is 7.82. The highest BCUT2D eigenvalue weighted by atomic mass is 35.5. The summed E-state index contributed by atoms with van der Waals surface area (Å²) < 4.78 is 4.75. The minimum atomic E-state index is -0.382. The number of methoxy groups -OCH3 is 1. The van der Waals surface area contributed by atoms with E-state index < -0.39 is 0 Å². The first-order valence-electron chi connectivity index (χ1n) is 6.68. The summed E-state index contributed by atoms with van der Waals surface area (Å²) in [6.45, 7) is 0.727. The van der Waals surface area contributed by atoms with E-state index in [0.717, 1.165) is 6.42 Å². The molecule has 0 saturated carbocycles.